The molecule has 0 radical (unpaired) electrons. The average Bonchev–Trinajstić information content (AvgIpc) is 2.90. The molecule has 0 unspecified atom stereocenters. The van der Waals surface area contributed by atoms with Crippen LogP contribution < -0.4 is 10.2 Å². The Morgan fingerprint density at radius 1 is 0.857 bits per heavy atom. The van der Waals surface area contributed by atoms with Gasteiger partial charge < -0.3 is 15.1 Å². The summed E-state index contributed by atoms with van der Waals surface area (Å²) in [6.07, 6.45) is 11.8. The Balaban J connectivity index is 1.47. The summed E-state index contributed by atoms with van der Waals surface area (Å²) in [7, 11) is 0. The average molecular weight is 476 g/mol. The van der Waals surface area contributed by atoms with Gasteiger partial charge in [-0.25, -0.2) is 0 Å². The molecule has 0 bridgehead atoms. The first-order chi connectivity index (χ1) is 17.2. The third-order valence-electron chi connectivity index (χ3n) is 7.38. The Labute approximate surface area is 210 Å². The second-order valence-corrected chi connectivity index (χ2v) is 10.1. The van der Waals surface area contributed by atoms with Crippen molar-refractivity contribution >= 4 is 23.2 Å². The summed E-state index contributed by atoms with van der Waals surface area (Å²) in [5.74, 6) is 0.127. The maximum Gasteiger partial charge on any atom is 0.256 e. The molecule has 35 heavy (non-hydrogen) atoms. The number of amides is 2. The van der Waals surface area contributed by atoms with Gasteiger partial charge in [0.25, 0.3) is 5.91 Å². The van der Waals surface area contributed by atoms with Crippen molar-refractivity contribution in [1.82, 2.24) is 4.90 Å². The molecule has 0 saturated carbocycles. The van der Waals surface area contributed by atoms with Crippen LogP contribution in [0.25, 0.3) is 0 Å². The first-order valence-corrected chi connectivity index (χ1v) is 13.7. The van der Waals surface area contributed by atoms with Crippen LogP contribution >= 0.6 is 0 Å². The van der Waals surface area contributed by atoms with Crippen molar-refractivity contribution < 1.29 is 9.59 Å². The minimum absolute atomic E-state index is 0.0384. The van der Waals surface area contributed by atoms with Crippen molar-refractivity contribution in [2.75, 3.05) is 29.9 Å². The van der Waals surface area contributed by atoms with Gasteiger partial charge in [-0.15, -0.1) is 0 Å². The molecule has 2 aliphatic heterocycles. The number of carbonyl (C=O) groups is 2. The first-order valence-electron chi connectivity index (χ1n) is 13.7. The molecule has 2 amide bonds. The number of anilines is 2. The molecule has 1 saturated heterocycles. The lowest BCUT2D eigenvalue weighted by Crippen LogP contribution is -2.38. The van der Waals surface area contributed by atoms with E-state index in [4.69, 9.17) is 0 Å². The lowest BCUT2D eigenvalue weighted by atomic mass is 9.98. The van der Waals surface area contributed by atoms with Gasteiger partial charge in [0.15, 0.2) is 0 Å². The summed E-state index contributed by atoms with van der Waals surface area (Å²) >= 11 is 0. The van der Waals surface area contributed by atoms with Gasteiger partial charge in [-0.2, -0.15) is 0 Å². The Morgan fingerprint density at radius 3 is 2.40 bits per heavy atom. The Morgan fingerprint density at radius 2 is 1.60 bits per heavy atom. The number of fused-ring (bicyclic) bond motifs is 1. The molecule has 5 heteroatoms. The van der Waals surface area contributed by atoms with Crippen LogP contribution in [-0.2, 0) is 17.8 Å². The molecule has 188 valence electrons. The van der Waals surface area contributed by atoms with Crippen molar-refractivity contribution in [1.29, 1.82) is 0 Å². The number of nitrogens with zero attached hydrogens (tertiary/aromatic N) is 2. The molecule has 4 rings (SSSR count). The van der Waals surface area contributed by atoms with Gasteiger partial charge in [-0.3, -0.25) is 9.59 Å². The minimum Gasteiger partial charge on any atom is -0.366 e. The van der Waals surface area contributed by atoms with E-state index in [0.29, 0.717) is 12.0 Å². The fraction of sp³-hybridized carbons (Fsp3) is 0.533. The lowest BCUT2D eigenvalue weighted by Gasteiger charge is -2.34. The largest absolute Gasteiger partial charge is 0.366 e. The lowest BCUT2D eigenvalue weighted by molar-refractivity contribution is -0.116. The highest BCUT2D eigenvalue weighted by atomic mass is 16.2. The van der Waals surface area contributed by atoms with Crippen LogP contribution in [-0.4, -0.2) is 36.3 Å². The SMILES string of the molecule is CCCCCCCCC(=O)Nc1ccc(N2CCc3ccccc3C2)c(C(=O)N2CCCCC2)c1. The smallest absolute Gasteiger partial charge is 0.256 e. The monoisotopic (exact) mass is 475 g/mol. The molecule has 1 N–H and O–H groups in total. The zero-order valence-electron chi connectivity index (χ0n) is 21.4. The predicted molar refractivity (Wildman–Crippen MR) is 144 cm³/mol. The summed E-state index contributed by atoms with van der Waals surface area (Å²) < 4.78 is 0. The number of likely N-dealkylation sites (tertiary alicyclic amines) is 1. The highest BCUT2D eigenvalue weighted by molar-refractivity contribution is 6.02. The number of piperidine rings is 1. The van der Waals surface area contributed by atoms with Crippen LogP contribution in [0.5, 0.6) is 0 Å². The fourth-order valence-electron chi connectivity index (χ4n) is 5.32. The van der Waals surface area contributed by atoms with Crippen molar-refractivity contribution in [3.63, 3.8) is 0 Å². The maximum absolute atomic E-state index is 13.6. The van der Waals surface area contributed by atoms with Crippen LogP contribution in [0.3, 0.4) is 0 Å². The van der Waals surface area contributed by atoms with Crippen LogP contribution in [0.4, 0.5) is 11.4 Å². The number of unbranched alkanes of at least 4 members (excludes halogenated alkanes) is 5. The van der Waals surface area contributed by atoms with E-state index in [1.165, 1.54) is 43.2 Å². The minimum atomic E-state index is 0.0384. The number of rotatable bonds is 10. The molecule has 2 aromatic carbocycles. The molecule has 0 aliphatic carbocycles. The van der Waals surface area contributed by atoms with Gasteiger partial charge >= 0.3 is 0 Å². The van der Waals surface area contributed by atoms with E-state index in [9.17, 15) is 9.59 Å². The van der Waals surface area contributed by atoms with Crippen LogP contribution in [0.2, 0.25) is 0 Å². The van der Waals surface area contributed by atoms with Gasteiger partial charge in [0.05, 0.1) is 5.56 Å². The van der Waals surface area contributed by atoms with Gasteiger partial charge in [-0.1, -0.05) is 63.3 Å². The summed E-state index contributed by atoms with van der Waals surface area (Å²) in [5, 5.41) is 3.06. The highest BCUT2D eigenvalue weighted by Crippen LogP contribution is 2.31. The Bertz CT molecular complexity index is 997. The van der Waals surface area contributed by atoms with E-state index in [1.807, 2.05) is 23.1 Å². The molecule has 2 aromatic rings. The highest BCUT2D eigenvalue weighted by Gasteiger charge is 2.25. The van der Waals surface area contributed by atoms with Crippen LogP contribution in [0.1, 0.15) is 92.6 Å². The molecular formula is C30H41N3O2. The number of hydrogen-bond acceptors (Lipinski definition) is 3. The van der Waals surface area contributed by atoms with Crippen molar-refractivity contribution in [2.45, 2.75) is 84.1 Å². The topological polar surface area (TPSA) is 52.7 Å². The maximum atomic E-state index is 13.6. The van der Waals surface area contributed by atoms with Gasteiger partial charge in [0.2, 0.25) is 5.91 Å². The van der Waals surface area contributed by atoms with E-state index < -0.39 is 0 Å². The number of benzene rings is 2. The third kappa shape index (κ3) is 6.87. The number of carbonyl (C=O) groups excluding carboxylic acids is 2. The number of nitrogens with one attached hydrogen (secondary N) is 1. The van der Waals surface area contributed by atoms with Gasteiger partial charge in [0.1, 0.15) is 0 Å². The van der Waals surface area contributed by atoms with E-state index in [-0.39, 0.29) is 11.8 Å². The molecule has 0 spiro atoms. The molecule has 0 aromatic heterocycles. The van der Waals surface area contributed by atoms with E-state index in [2.05, 4.69) is 41.4 Å². The zero-order valence-corrected chi connectivity index (χ0v) is 21.4. The van der Waals surface area contributed by atoms with Crippen molar-refractivity contribution in [2.24, 2.45) is 0 Å². The molecular weight excluding hydrogens is 434 g/mol. The van der Waals surface area contributed by atoms with Crippen LogP contribution in [0.15, 0.2) is 42.5 Å². The fourth-order valence-corrected chi connectivity index (χ4v) is 5.32. The zero-order chi connectivity index (χ0) is 24.5. The summed E-state index contributed by atoms with van der Waals surface area (Å²) in [5.41, 5.74) is 5.13. The quantitative estimate of drug-likeness (QED) is 0.396. The molecule has 5 nitrogen and oxygen atoms in total. The van der Waals surface area contributed by atoms with Gasteiger partial charge in [-0.05, 0) is 61.4 Å². The summed E-state index contributed by atoms with van der Waals surface area (Å²) in [6.45, 7) is 5.54. The second kappa shape index (κ2) is 12.8. The second-order valence-electron chi connectivity index (χ2n) is 10.1. The predicted octanol–water partition coefficient (Wildman–Crippen LogP) is 6.56. The van der Waals surface area contributed by atoms with Crippen molar-refractivity contribution in [3.8, 4) is 0 Å². The van der Waals surface area contributed by atoms with E-state index in [1.54, 1.807) is 0 Å². The third-order valence-corrected chi connectivity index (χ3v) is 7.38. The standard InChI is InChI=1S/C30H41N3O2/c1-2-3-4-5-6-8-15-29(34)31-26-16-17-28(27(22-26)30(35)32-19-11-7-12-20-32)33-21-18-24-13-9-10-14-25(24)23-33/h9-10,13-14,16-17,22H,2-8,11-12,15,18-21,23H2,1H3,(H,31,34). The number of hydrogen-bond donors (Lipinski definition) is 1. The van der Waals surface area contributed by atoms with E-state index >= 15 is 0 Å². The van der Waals surface area contributed by atoms with E-state index in [0.717, 1.165) is 69.7 Å². The van der Waals surface area contributed by atoms with Gasteiger partial charge in [0, 0.05) is 44.0 Å². The normalized spacial score (nSPS) is 15.6. The molecule has 0 atom stereocenters. The van der Waals surface area contributed by atoms with Crippen molar-refractivity contribution in [3.05, 3.63) is 59.2 Å². The van der Waals surface area contributed by atoms with Crippen LogP contribution in [0, 0.1) is 0 Å². The molecule has 2 aliphatic rings. The summed E-state index contributed by atoms with van der Waals surface area (Å²) in [6, 6.07) is 14.5. The molecule has 1 fully saturated rings. The Hall–Kier alpha value is -2.82. The summed E-state index contributed by atoms with van der Waals surface area (Å²) in [4.78, 5) is 30.5. The Kier molecular flexibility index (Phi) is 9.21. The first kappa shape index (κ1) is 25.3. The molecule has 2 heterocycles.